The van der Waals surface area contributed by atoms with Crippen LogP contribution in [-0.2, 0) is 5.41 Å². The molecule has 3 aromatic heterocycles. The van der Waals surface area contributed by atoms with Crippen molar-refractivity contribution in [1.82, 2.24) is 9.38 Å². The SMILES string of the molecule is CCC(C)(C)c1nc2cccc3ccc4c(-c5ccc6ccccc6c5)pc1n4c32. The number of rotatable bonds is 3. The van der Waals surface area contributed by atoms with Crippen molar-refractivity contribution in [2.75, 3.05) is 0 Å². The normalized spacial score (nSPS) is 12.9. The molecule has 0 amide bonds. The van der Waals surface area contributed by atoms with Crippen molar-refractivity contribution in [1.29, 1.82) is 0 Å². The highest BCUT2D eigenvalue weighted by atomic mass is 31.0. The summed E-state index contributed by atoms with van der Waals surface area (Å²) >= 11 is 0. The van der Waals surface area contributed by atoms with Gasteiger partial charge in [-0.15, -0.1) is 0 Å². The van der Waals surface area contributed by atoms with E-state index in [1.54, 1.807) is 0 Å². The molecule has 0 atom stereocenters. The lowest BCUT2D eigenvalue weighted by Gasteiger charge is -2.24. The summed E-state index contributed by atoms with van der Waals surface area (Å²) < 4.78 is 2.48. The van der Waals surface area contributed by atoms with Gasteiger partial charge in [-0.2, -0.15) is 0 Å². The van der Waals surface area contributed by atoms with Gasteiger partial charge in [0.05, 0.1) is 27.5 Å². The fourth-order valence-corrected chi connectivity index (χ4v) is 6.03. The molecule has 2 nitrogen and oxygen atoms in total. The number of benzene rings is 3. The lowest BCUT2D eigenvalue weighted by Crippen LogP contribution is -2.19. The van der Waals surface area contributed by atoms with Gasteiger partial charge in [-0.25, -0.2) is 4.98 Å². The second kappa shape index (κ2) is 6.27. The van der Waals surface area contributed by atoms with Gasteiger partial charge in [-0.3, -0.25) is 0 Å². The predicted molar refractivity (Wildman–Crippen MR) is 130 cm³/mol. The van der Waals surface area contributed by atoms with Crippen LogP contribution in [0.25, 0.3) is 48.8 Å². The van der Waals surface area contributed by atoms with Crippen molar-refractivity contribution in [2.45, 2.75) is 32.6 Å². The molecule has 0 spiro atoms. The van der Waals surface area contributed by atoms with Crippen LogP contribution >= 0.6 is 8.19 Å². The lowest BCUT2D eigenvalue weighted by molar-refractivity contribution is 0.496. The summed E-state index contributed by atoms with van der Waals surface area (Å²) in [5.74, 6) is 0. The first-order valence-electron chi connectivity index (χ1n) is 10.6. The van der Waals surface area contributed by atoms with Gasteiger partial charge in [0.15, 0.2) is 0 Å². The molecule has 146 valence electrons. The van der Waals surface area contributed by atoms with Gasteiger partial charge in [0.2, 0.25) is 0 Å². The summed E-state index contributed by atoms with van der Waals surface area (Å²) in [4.78, 5) is 5.21. The lowest BCUT2D eigenvalue weighted by atomic mass is 9.86. The van der Waals surface area contributed by atoms with Crippen LogP contribution in [0.4, 0.5) is 0 Å². The molecule has 0 fully saturated rings. The van der Waals surface area contributed by atoms with Crippen LogP contribution in [0.5, 0.6) is 0 Å². The summed E-state index contributed by atoms with van der Waals surface area (Å²) in [5, 5.41) is 6.52. The Morgan fingerprint density at radius 1 is 0.867 bits per heavy atom. The van der Waals surface area contributed by atoms with Gasteiger partial charge in [-0.05, 0) is 49.1 Å². The molecule has 6 aromatic rings. The van der Waals surface area contributed by atoms with Gasteiger partial charge in [0.25, 0.3) is 0 Å². The Kier molecular flexibility index (Phi) is 3.73. The highest BCUT2D eigenvalue weighted by Gasteiger charge is 2.27. The number of aromatic nitrogens is 2. The molecule has 0 saturated carbocycles. The first-order chi connectivity index (χ1) is 14.6. The molecule has 0 radical (unpaired) electrons. The zero-order valence-electron chi connectivity index (χ0n) is 17.5. The smallest absolute Gasteiger partial charge is 0.0964 e. The standard InChI is InChI=1S/C27H23N2P/c1-4-27(2,3)25-26-29-22(15-14-18-10-7-11-21(28-25)23(18)29)24(30-26)20-13-12-17-8-5-6-9-19(17)16-20/h5-16H,4H2,1-3H3. The highest BCUT2D eigenvalue weighted by molar-refractivity contribution is 7.40. The molecule has 0 N–H and O–H groups in total. The second-order valence-corrected chi connectivity index (χ2v) is 9.91. The molecule has 3 aromatic carbocycles. The van der Waals surface area contributed by atoms with Crippen LogP contribution in [0.3, 0.4) is 0 Å². The van der Waals surface area contributed by atoms with Crippen molar-refractivity contribution < 1.29 is 0 Å². The topological polar surface area (TPSA) is 17.3 Å². The van der Waals surface area contributed by atoms with E-state index in [-0.39, 0.29) is 5.41 Å². The molecular formula is C27H23N2P. The molecule has 0 bridgehead atoms. The van der Waals surface area contributed by atoms with E-state index in [1.165, 1.54) is 57.2 Å². The molecule has 0 saturated heterocycles. The fraction of sp³-hybridized carbons (Fsp3) is 0.185. The quantitative estimate of drug-likeness (QED) is 0.290. The summed E-state index contributed by atoms with van der Waals surface area (Å²) in [5.41, 5.74) is 6.17. The van der Waals surface area contributed by atoms with E-state index in [9.17, 15) is 0 Å². The monoisotopic (exact) mass is 406 g/mol. The largest absolute Gasteiger partial charge is 0.301 e. The fourth-order valence-electron chi connectivity index (χ4n) is 4.50. The maximum atomic E-state index is 5.21. The first-order valence-corrected chi connectivity index (χ1v) is 11.5. The second-order valence-electron chi connectivity index (χ2n) is 8.81. The van der Waals surface area contributed by atoms with Crippen molar-refractivity contribution in [2.24, 2.45) is 0 Å². The summed E-state index contributed by atoms with van der Waals surface area (Å²) in [6, 6.07) is 26.5. The first kappa shape index (κ1) is 17.9. The molecule has 6 rings (SSSR count). The number of para-hydroxylation sites is 1. The van der Waals surface area contributed by atoms with E-state index in [0.29, 0.717) is 0 Å². The van der Waals surface area contributed by atoms with Crippen LogP contribution in [-0.4, -0.2) is 9.38 Å². The van der Waals surface area contributed by atoms with E-state index < -0.39 is 0 Å². The molecule has 3 heterocycles. The maximum Gasteiger partial charge on any atom is 0.0964 e. The van der Waals surface area contributed by atoms with E-state index in [4.69, 9.17) is 4.98 Å². The van der Waals surface area contributed by atoms with E-state index in [2.05, 4.69) is 98.0 Å². The Labute approximate surface area is 177 Å². The van der Waals surface area contributed by atoms with Gasteiger partial charge < -0.3 is 4.40 Å². The number of nitrogens with zero attached hydrogens (tertiary/aromatic N) is 2. The molecule has 0 aliphatic carbocycles. The van der Waals surface area contributed by atoms with Crippen LogP contribution < -0.4 is 0 Å². The zero-order valence-corrected chi connectivity index (χ0v) is 18.4. The van der Waals surface area contributed by atoms with Crippen molar-refractivity contribution in [3.8, 4) is 10.9 Å². The van der Waals surface area contributed by atoms with E-state index >= 15 is 0 Å². The minimum Gasteiger partial charge on any atom is -0.301 e. The van der Waals surface area contributed by atoms with Gasteiger partial charge in [0, 0.05) is 16.1 Å². The van der Waals surface area contributed by atoms with Crippen LogP contribution in [0.2, 0.25) is 0 Å². The van der Waals surface area contributed by atoms with Crippen molar-refractivity contribution >= 4 is 46.1 Å². The molecule has 0 unspecified atom stereocenters. The van der Waals surface area contributed by atoms with Crippen LogP contribution in [0.1, 0.15) is 32.9 Å². The average Bonchev–Trinajstić information content (AvgIpc) is 3.17. The van der Waals surface area contributed by atoms with Crippen molar-refractivity contribution in [3.05, 3.63) is 78.5 Å². The molecular weight excluding hydrogens is 383 g/mol. The van der Waals surface area contributed by atoms with E-state index in [0.717, 1.165) is 11.9 Å². The predicted octanol–water partition coefficient (Wildman–Crippen LogP) is 8.17. The molecule has 0 aliphatic rings. The average molecular weight is 406 g/mol. The van der Waals surface area contributed by atoms with Gasteiger partial charge in [0.1, 0.15) is 0 Å². The van der Waals surface area contributed by atoms with E-state index in [1.807, 2.05) is 0 Å². The number of pyridine rings is 1. The molecule has 30 heavy (non-hydrogen) atoms. The Morgan fingerprint density at radius 3 is 2.47 bits per heavy atom. The number of hydrogen-bond donors (Lipinski definition) is 0. The Morgan fingerprint density at radius 2 is 1.63 bits per heavy atom. The maximum absolute atomic E-state index is 5.21. The minimum absolute atomic E-state index is 0.0289. The van der Waals surface area contributed by atoms with Crippen LogP contribution in [0.15, 0.2) is 72.8 Å². The molecule has 3 heteroatoms. The Balaban J connectivity index is 1.76. The third-order valence-electron chi connectivity index (χ3n) is 6.60. The van der Waals surface area contributed by atoms with Gasteiger partial charge in [-0.1, -0.05) is 75.4 Å². The van der Waals surface area contributed by atoms with Crippen molar-refractivity contribution in [3.63, 3.8) is 0 Å². The zero-order chi connectivity index (χ0) is 20.5. The summed E-state index contributed by atoms with van der Waals surface area (Å²) in [6.45, 7) is 6.89. The van der Waals surface area contributed by atoms with Crippen LogP contribution in [0, 0.1) is 0 Å². The number of fused-ring (bicyclic) bond motifs is 1. The molecule has 0 aliphatic heterocycles. The third kappa shape index (κ3) is 2.44. The number of hydrogen-bond acceptors (Lipinski definition) is 1. The highest BCUT2D eigenvalue weighted by Crippen LogP contribution is 2.45. The minimum atomic E-state index is 0.0289. The summed E-state index contributed by atoms with van der Waals surface area (Å²) in [6.07, 6.45) is 1.06. The Bertz CT molecular complexity index is 1560. The Hall–Kier alpha value is -2.96. The third-order valence-corrected chi connectivity index (χ3v) is 7.93. The summed E-state index contributed by atoms with van der Waals surface area (Å²) in [7, 11) is 1.24. The van der Waals surface area contributed by atoms with Gasteiger partial charge >= 0.3 is 0 Å².